The highest BCUT2D eigenvalue weighted by molar-refractivity contribution is 7.89. The minimum atomic E-state index is -3.42. The van der Waals surface area contributed by atoms with Gasteiger partial charge in [0.2, 0.25) is 10.0 Å². The zero-order valence-electron chi connectivity index (χ0n) is 15.0. The molecule has 1 N–H and O–H groups in total. The van der Waals surface area contributed by atoms with E-state index < -0.39 is 10.0 Å². The molecule has 26 heavy (non-hydrogen) atoms. The zero-order valence-corrected chi connectivity index (χ0v) is 15.8. The monoisotopic (exact) mass is 380 g/mol. The number of carbonyl (C=O) groups excluding carboxylic acids is 1. The summed E-state index contributed by atoms with van der Waals surface area (Å²) in [5, 5.41) is 8.05. The molecule has 0 unspecified atom stereocenters. The molecule has 1 fully saturated rings. The van der Waals surface area contributed by atoms with Crippen molar-refractivity contribution in [2.24, 2.45) is 20.0 Å². The van der Waals surface area contributed by atoms with Crippen LogP contribution in [0.3, 0.4) is 0 Å². The lowest BCUT2D eigenvalue weighted by molar-refractivity contribution is 0.0684. The summed E-state index contributed by atoms with van der Waals surface area (Å²) in [6.07, 6.45) is 8.23. The molecule has 3 rings (SSSR count). The number of aryl methyl sites for hydroxylation is 2. The highest BCUT2D eigenvalue weighted by atomic mass is 32.2. The maximum atomic E-state index is 12.5. The fourth-order valence-corrected chi connectivity index (χ4v) is 4.62. The zero-order chi connectivity index (χ0) is 18.7. The van der Waals surface area contributed by atoms with Gasteiger partial charge in [-0.15, -0.1) is 0 Å². The van der Waals surface area contributed by atoms with Crippen LogP contribution in [0, 0.1) is 5.92 Å². The number of sulfonamides is 1. The SMILES string of the molecule is Cn1cc(CNS(=O)(=O)C[C@H]2CCCN(C(=O)c3cnn(C)c3)C2)cn1. The van der Waals surface area contributed by atoms with Gasteiger partial charge in [0, 0.05) is 51.7 Å². The molecule has 1 aliphatic heterocycles. The Balaban J connectivity index is 1.56. The van der Waals surface area contributed by atoms with Crippen molar-refractivity contribution in [3.05, 3.63) is 35.9 Å². The Kier molecular flexibility index (Phi) is 5.42. The van der Waals surface area contributed by atoms with Gasteiger partial charge in [0.05, 0.1) is 23.7 Å². The van der Waals surface area contributed by atoms with Crippen LogP contribution in [0.1, 0.15) is 28.8 Å². The minimum Gasteiger partial charge on any atom is -0.338 e. The maximum absolute atomic E-state index is 12.5. The summed E-state index contributed by atoms with van der Waals surface area (Å²) >= 11 is 0. The number of likely N-dealkylation sites (tertiary alicyclic amines) is 1. The van der Waals surface area contributed by atoms with Crippen molar-refractivity contribution in [2.75, 3.05) is 18.8 Å². The molecule has 9 nitrogen and oxygen atoms in total. The van der Waals surface area contributed by atoms with Crippen molar-refractivity contribution in [3.8, 4) is 0 Å². The Labute approximate surface area is 153 Å². The van der Waals surface area contributed by atoms with E-state index in [4.69, 9.17) is 0 Å². The van der Waals surface area contributed by atoms with Crippen molar-refractivity contribution < 1.29 is 13.2 Å². The topological polar surface area (TPSA) is 102 Å². The lowest BCUT2D eigenvalue weighted by Crippen LogP contribution is -2.43. The van der Waals surface area contributed by atoms with Crippen molar-refractivity contribution in [3.63, 3.8) is 0 Å². The first-order valence-corrected chi connectivity index (χ1v) is 10.2. The van der Waals surface area contributed by atoms with Gasteiger partial charge in [0.1, 0.15) is 0 Å². The highest BCUT2D eigenvalue weighted by Gasteiger charge is 2.28. The van der Waals surface area contributed by atoms with Gasteiger partial charge in [-0.25, -0.2) is 13.1 Å². The fraction of sp³-hybridized carbons (Fsp3) is 0.562. The van der Waals surface area contributed by atoms with Gasteiger partial charge in [-0.1, -0.05) is 0 Å². The second-order valence-corrected chi connectivity index (χ2v) is 8.64. The minimum absolute atomic E-state index is 0.0179. The number of amides is 1. The molecule has 0 radical (unpaired) electrons. The van der Waals surface area contributed by atoms with E-state index in [0.29, 0.717) is 18.7 Å². The third kappa shape index (κ3) is 4.70. The summed E-state index contributed by atoms with van der Waals surface area (Å²) in [6.45, 7) is 1.32. The van der Waals surface area contributed by atoms with Crippen LogP contribution in [0.2, 0.25) is 0 Å². The summed E-state index contributed by atoms with van der Waals surface area (Å²) in [6, 6.07) is 0. The molecule has 142 valence electrons. The van der Waals surface area contributed by atoms with Gasteiger partial charge in [0.15, 0.2) is 0 Å². The van der Waals surface area contributed by atoms with Gasteiger partial charge in [0.25, 0.3) is 5.91 Å². The molecule has 0 spiro atoms. The van der Waals surface area contributed by atoms with Gasteiger partial charge in [-0.3, -0.25) is 14.2 Å². The van der Waals surface area contributed by atoms with Crippen LogP contribution in [0.5, 0.6) is 0 Å². The van der Waals surface area contributed by atoms with Crippen LogP contribution in [0.15, 0.2) is 24.8 Å². The first-order chi connectivity index (χ1) is 12.3. The smallest absolute Gasteiger partial charge is 0.257 e. The first-order valence-electron chi connectivity index (χ1n) is 8.55. The number of hydrogen-bond donors (Lipinski definition) is 1. The van der Waals surface area contributed by atoms with Crippen LogP contribution >= 0.6 is 0 Å². The summed E-state index contributed by atoms with van der Waals surface area (Å²) in [4.78, 5) is 14.3. The van der Waals surface area contributed by atoms with Gasteiger partial charge in [-0.2, -0.15) is 10.2 Å². The van der Waals surface area contributed by atoms with E-state index in [1.807, 2.05) is 0 Å². The molecule has 0 bridgehead atoms. The molecule has 2 aromatic heterocycles. The summed E-state index contributed by atoms with van der Waals surface area (Å²) in [5.41, 5.74) is 1.35. The average Bonchev–Trinajstić information content (AvgIpc) is 3.21. The number of piperidine rings is 1. The molecule has 0 aromatic carbocycles. The van der Waals surface area contributed by atoms with E-state index >= 15 is 0 Å². The molecule has 1 saturated heterocycles. The molecule has 1 atom stereocenters. The maximum Gasteiger partial charge on any atom is 0.257 e. The third-order valence-electron chi connectivity index (χ3n) is 4.47. The van der Waals surface area contributed by atoms with E-state index in [2.05, 4.69) is 14.9 Å². The van der Waals surface area contributed by atoms with Crippen LogP contribution in [-0.4, -0.2) is 57.6 Å². The van der Waals surface area contributed by atoms with Crippen molar-refractivity contribution in [2.45, 2.75) is 19.4 Å². The average molecular weight is 380 g/mol. The third-order valence-corrected chi connectivity index (χ3v) is 5.96. The lowest BCUT2D eigenvalue weighted by atomic mass is 9.99. The van der Waals surface area contributed by atoms with E-state index in [1.165, 1.54) is 6.20 Å². The van der Waals surface area contributed by atoms with Crippen molar-refractivity contribution in [1.29, 1.82) is 0 Å². The Bertz CT molecular complexity index is 872. The molecule has 0 aliphatic carbocycles. The lowest BCUT2D eigenvalue weighted by Gasteiger charge is -2.32. The molecule has 0 saturated carbocycles. The Morgan fingerprint density at radius 3 is 2.62 bits per heavy atom. The van der Waals surface area contributed by atoms with Gasteiger partial charge in [-0.05, 0) is 18.8 Å². The summed E-state index contributed by atoms with van der Waals surface area (Å²) in [7, 11) is 0.125. The Morgan fingerprint density at radius 2 is 1.96 bits per heavy atom. The van der Waals surface area contributed by atoms with Gasteiger partial charge >= 0.3 is 0 Å². The predicted octanol–water partition coefficient (Wildman–Crippen LogP) is 0.125. The molecule has 2 aromatic rings. The largest absolute Gasteiger partial charge is 0.338 e. The number of hydrogen-bond acceptors (Lipinski definition) is 5. The van der Waals surface area contributed by atoms with E-state index in [9.17, 15) is 13.2 Å². The number of nitrogens with zero attached hydrogens (tertiary/aromatic N) is 5. The fourth-order valence-electron chi connectivity index (χ4n) is 3.23. The number of rotatable bonds is 6. The Hall–Kier alpha value is -2.20. The van der Waals surface area contributed by atoms with E-state index in [1.54, 1.807) is 46.9 Å². The first kappa shape index (κ1) is 18.6. The van der Waals surface area contributed by atoms with Crippen LogP contribution in [0.4, 0.5) is 0 Å². The molecule has 1 aliphatic rings. The molecule has 10 heteroatoms. The molecular weight excluding hydrogens is 356 g/mol. The van der Waals surface area contributed by atoms with Crippen LogP contribution in [0.25, 0.3) is 0 Å². The van der Waals surface area contributed by atoms with Gasteiger partial charge < -0.3 is 4.90 Å². The predicted molar refractivity (Wildman–Crippen MR) is 95.7 cm³/mol. The van der Waals surface area contributed by atoms with Crippen molar-refractivity contribution in [1.82, 2.24) is 29.2 Å². The quantitative estimate of drug-likeness (QED) is 0.767. The van der Waals surface area contributed by atoms with Crippen LogP contribution in [-0.2, 0) is 30.7 Å². The van der Waals surface area contributed by atoms with Crippen LogP contribution < -0.4 is 4.72 Å². The van der Waals surface area contributed by atoms with E-state index in [0.717, 1.165) is 18.4 Å². The summed E-state index contributed by atoms with van der Waals surface area (Å²) < 4.78 is 30.6. The molecule has 3 heterocycles. The summed E-state index contributed by atoms with van der Waals surface area (Å²) in [5.74, 6) is -0.149. The standard InChI is InChI=1S/C16H24N6O3S/c1-20-9-14(6-17-20)7-19-26(24,25)12-13-4-3-5-22(10-13)16(23)15-8-18-21(2)11-15/h6,8-9,11,13,19H,3-5,7,10,12H2,1-2H3/t13-/m0/s1. The number of nitrogens with one attached hydrogen (secondary N) is 1. The van der Waals surface area contributed by atoms with Crippen molar-refractivity contribution >= 4 is 15.9 Å². The number of carbonyl (C=O) groups is 1. The molecular formula is C16H24N6O3S. The Morgan fingerprint density at radius 1 is 1.23 bits per heavy atom. The molecule has 1 amide bonds. The normalized spacial score (nSPS) is 18.2. The number of aromatic nitrogens is 4. The van der Waals surface area contributed by atoms with E-state index in [-0.39, 0.29) is 24.1 Å². The highest BCUT2D eigenvalue weighted by Crippen LogP contribution is 2.20. The second kappa shape index (κ2) is 7.58. The second-order valence-electron chi connectivity index (χ2n) is 6.79.